The van der Waals surface area contributed by atoms with Gasteiger partial charge in [0.05, 0.1) is 23.4 Å². The summed E-state index contributed by atoms with van der Waals surface area (Å²) in [6.07, 6.45) is 4.41. The number of rotatable bonds is 5. The van der Waals surface area contributed by atoms with Gasteiger partial charge in [-0.2, -0.15) is 5.10 Å². The van der Waals surface area contributed by atoms with Gasteiger partial charge < -0.3 is 4.74 Å². The molecule has 4 aromatic heterocycles. The first-order valence-electron chi connectivity index (χ1n) is 9.82. The number of aromatic nitrogens is 6. The van der Waals surface area contributed by atoms with E-state index < -0.39 is 11.5 Å². The van der Waals surface area contributed by atoms with Crippen LogP contribution in [0.2, 0.25) is 5.02 Å². The summed E-state index contributed by atoms with van der Waals surface area (Å²) < 4.78 is 7.92. The van der Waals surface area contributed by atoms with E-state index in [0.717, 1.165) is 15.8 Å². The molecule has 0 saturated heterocycles. The first kappa shape index (κ1) is 20.7. The Balaban J connectivity index is 1.64. The van der Waals surface area contributed by atoms with Crippen molar-refractivity contribution in [2.75, 3.05) is 12.5 Å². The molecule has 10 nitrogen and oxygen atoms in total. The highest BCUT2D eigenvalue weighted by Crippen LogP contribution is 2.30. The smallest absolute Gasteiger partial charge is 0.299 e. The van der Waals surface area contributed by atoms with Gasteiger partial charge in [0, 0.05) is 30.7 Å². The summed E-state index contributed by atoms with van der Waals surface area (Å²) >= 11 is 6.03. The van der Waals surface area contributed by atoms with Crippen LogP contribution < -0.4 is 11.0 Å². The standard InChI is InChI=1S/C22H16ClN7O3/c1-33-12-16-18(13-4-6-15(23)7-5-13)20-26-25-19-17(30(20)27-16)8-10-29(22(19)32)28-21(31)14-3-2-9-24-11-14/h2-11H,12H2,1H3,(H,28,31). The topological polar surface area (TPSA) is 116 Å². The second-order valence-corrected chi connectivity index (χ2v) is 7.54. The maximum atomic E-state index is 13.0. The van der Waals surface area contributed by atoms with Gasteiger partial charge in [-0.1, -0.05) is 23.7 Å². The highest BCUT2D eigenvalue weighted by Gasteiger charge is 2.20. The van der Waals surface area contributed by atoms with E-state index in [0.29, 0.717) is 27.4 Å². The highest BCUT2D eigenvalue weighted by molar-refractivity contribution is 6.30. The third kappa shape index (κ3) is 3.71. The number of fused-ring (bicyclic) bond motifs is 3. The molecule has 1 amide bonds. The number of nitrogens with zero attached hydrogens (tertiary/aromatic N) is 6. The Kier molecular flexibility index (Phi) is 5.29. The Bertz CT molecular complexity index is 1550. The van der Waals surface area contributed by atoms with Gasteiger partial charge >= 0.3 is 0 Å². The zero-order valence-corrected chi connectivity index (χ0v) is 18.0. The number of methoxy groups -OCH3 is 1. The third-order valence-electron chi connectivity index (χ3n) is 5.01. The van der Waals surface area contributed by atoms with E-state index in [9.17, 15) is 9.59 Å². The number of halogens is 1. The summed E-state index contributed by atoms with van der Waals surface area (Å²) in [5.74, 6) is -0.481. The Labute approximate surface area is 191 Å². The van der Waals surface area contributed by atoms with E-state index in [1.54, 1.807) is 48.2 Å². The molecule has 1 aromatic carbocycles. The molecular weight excluding hydrogens is 446 g/mol. The summed E-state index contributed by atoms with van der Waals surface area (Å²) in [6.45, 7) is 0.237. The molecule has 0 fully saturated rings. The van der Waals surface area contributed by atoms with Crippen LogP contribution in [0, 0.1) is 0 Å². The minimum Gasteiger partial charge on any atom is -0.378 e. The minimum atomic E-state index is -0.545. The number of carbonyl (C=O) groups excluding carboxylic acids is 1. The van der Waals surface area contributed by atoms with Gasteiger partial charge in [-0.3, -0.25) is 20.0 Å². The fraction of sp³-hybridized carbons (Fsp3) is 0.0909. The SMILES string of the molecule is COCc1nn2c(nnc3c(=O)n(NC(=O)c4cccnc4)ccc32)c1-c1ccc(Cl)cc1. The Morgan fingerprint density at radius 3 is 2.70 bits per heavy atom. The van der Waals surface area contributed by atoms with E-state index in [1.165, 1.54) is 12.4 Å². The molecule has 0 radical (unpaired) electrons. The summed E-state index contributed by atoms with van der Waals surface area (Å²) in [6, 6.07) is 12.1. The molecule has 0 bridgehead atoms. The first-order chi connectivity index (χ1) is 16.1. The lowest BCUT2D eigenvalue weighted by Gasteiger charge is -2.09. The van der Waals surface area contributed by atoms with Crippen molar-refractivity contribution in [2.45, 2.75) is 6.61 Å². The maximum absolute atomic E-state index is 13.0. The maximum Gasteiger partial charge on any atom is 0.299 e. The number of amides is 1. The largest absolute Gasteiger partial charge is 0.378 e. The van der Waals surface area contributed by atoms with Crippen molar-refractivity contribution in [1.82, 2.24) is 29.5 Å². The molecule has 0 saturated carbocycles. The van der Waals surface area contributed by atoms with Crippen molar-refractivity contribution in [3.05, 3.63) is 87.7 Å². The van der Waals surface area contributed by atoms with E-state index in [1.807, 2.05) is 12.1 Å². The number of pyridine rings is 2. The Hall–Kier alpha value is -4.15. The van der Waals surface area contributed by atoms with Crippen LogP contribution in [-0.2, 0) is 11.3 Å². The normalized spacial score (nSPS) is 11.2. The Morgan fingerprint density at radius 2 is 1.97 bits per heavy atom. The molecular formula is C22H16ClN7O3. The third-order valence-corrected chi connectivity index (χ3v) is 5.26. The van der Waals surface area contributed by atoms with E-state index in [-0.39, 0.29) is 12.1 Å². The molecule has 33 heavy (non-hydrogen) atoms. The fourth-order valence-electron chi connectivity index (χ4n) is 3.50. The average molecular weight is 462 g/mol. The van der Waals surface area contributed by atoms with Gasteiger partial charge in [-0.05, 0) is 35.9 Å². The highest BCUT2D eigenvalue weighted by atomic mass is 35.5. The molecule has 4 heterocycles. The van der Waals surface area contributed by atoms with Crippen LogP contribution in [0.4, 0.5) is 0 Å². The van der Waals surface area contributed by atoms with Crippen molar-refractivity contribution < 1.29 is 9.53 Å². The van der Waals surface area contributed by atoms with Gasteiger partial charge in [0.15, 0.2) is 11.2 Å². The van der Waals surface area contributed by atoms with Crippen LogP contribution in [0.15, 0.2) is 65.8 Å². The monoisotopic (exact) mass is 461 g/mol. The van der Waals surface area contributed by atoms with Crippen molar-refractivity contribution in [1.29, 1.82) is 0 Å². The molecule has 0 aliphatic heterocycles. The summed E-state index contributed by atoms with van der Waals surface area (Å²) in [7, 11) is 1.57. The zero-order valence-electron chi connectivity index (χ0n) is 17.3. The molecule has 0 unspecified atom stereocenters. The second-order valence-electron chi connectivity index (χ2n) is 7.10. The summed E-state index contributed by atoms with van der Waals surface area (Å²) in [4.78, 5) is 29.4. The predicted octanol–water partition coefficient (Wildman–Crippen LogP) is 2.68. The molecule has 0 aliphatic rings. The van der Waals surface area contributed by atoms with Crippen LogP contribution >= 0.6 is 11.6 Å². The quantitative estimate of drug-likeness (QED) is 0.427. The number of carbonyl (C=O) groups is 1. The van der Waals surface area contributed by atoms with E-state index in [4.69, 9.17) is 16.3 Å². The van der Waals surface area contributed by atoms with Crippen molar-refractivity contribution in [2.24, 2.45) is 0 Å². The molecule has 1 N–H and O–H groups in total. The van der Waals surface area contributed by atoms with Crippen molar-refractivity contribution in [3.63, 3.8) is 0 Å². The van der Waals surface area contributed by atoms with Gasteiger partial charge in [0.2, 0.25) is 0 Å². The molecule has 0 spiro atoms. The van der Waals surface area contributed by atoms with Crippen LogP contribution in [0.25, 0.3) is 27.8 Å². The summed E-state index contributed by atoms with van der Waals surface area (Å²) in [5, 5.41) is 13.7. The minimum absolute atomic E-state index is 0.0469. The van der Waals surface area contributed by atoms with Gasteiger partial charge in [-0.25, -0.2) is 9.19 Å². The molecule has 164 valence electrons. The van der Waals surface area contributed by atoms with Gasteiger partial charge in [-0.15, -0.1) is 10.2 Å². The molecule has 0 aliphatic carbocycles. The molecule has 11 heteroatoms. The van der Waals surface area contributed by atoms with E-state index >= 15 is 0 Å². The lowest BCUT2D eigenvalue weighted by molar-refractivity contribution is 0.101. The number of benzene rings is 1. The summed E-state index contributed by atoms with van der Waals surface area (Å²) in [5.41, 5.74) is 5.46. The van der Waals surface area contributed by atoms with Crippen LogP contribution in [-0.4, -0.2) is 42.5 Å². The number of hydrogen-bond donors (Lipinski definition) is 1. The molecule has 5 aromatic rings. The molecule has 0 atom stereocenters. The number of hydrogen-bond acceptors (Lipinski definition) is 7. The predicted molar refractivity (Wildman–Crippen MR) is 122 cm³/mol. The van der Waals surface area contributed by atoms with Gasteiger partial charge in [0.25, 0.3) is 11.5 Å². The van der Waals surface area contributed by atoms with Gasteiger partial charge in [0.1, 0.15) is 5.52 Å². The van der Waals surface area contributed by atoms with Crippen molar-refractivity contribution >= 4 is 34.2 Å². The van der Waals surface area contributed by atoms with E-state index in [2.05, 4.69) is 25.7 Å². The van der Waals surface area contributed by atoms with Crippen LogP contribution in [0.1, 0.15) is 16.1 Å². The lowest BCUT2D eigenvalue weighted by Crippen LogP contribution is -2.33. The fourth-order valence-corrected chi connectivity index (χ4v) is 3.63. The van der Waals surface area contributed by atoms with Crippen molar-refractivity contribution in [3.8, 4) is 11.1 Å². The van der Waals surface area contributed by atoms with Crippen LogP contribution in [0.5, 0.6) is 0 Å². The Morgan fingerprint density at radius 1 is 1.15 bits per heavy atom. The number of ether oxygens (including phenoxy) is 1. The molecule has 5 rings (SSSR count). The average Bonchev–Trinajstić information content (AvgIpc) is 3.20. The first-order valence-corrected chi connectivity index (χ1v) is 10.2. The zero-order chi connectivity index (χ0) is 22.9. The second kappa shape index (κ2) is 8.41. The van der Waals surface area contributed by atoms with Crippen LogP contribution in [0.3, 0.4) is 0 Å². The lowest BCUT2D eigenvalue weighted by atomic mass is 10.1. The number of nitrogens with one attached hydrogen (secondary N) is 1.